The fourth-order valence-electron chi connectivity index (χ4n) is 8.12. The lowest BCUT2D eigenvalue weighted by molar-refractivity contribution is 0.661. The Hall–Kier alpha value is -6.45. The standard InChI is InChI=1S/C48H33N3/c1-48(2)42-24-21-34(27-40(42)41-26-32-14-6-7-15-33(32)28-43(41)48)35-22-23-38(37-19-9-8-18-36(35)37)47-50-44(30-12-4-3-5-13-30)29-45(51-47)39-20-10-16-31-17-11-25-49-46(31)39/h3-29H,1-2H3. The molecule has 0 N–H and O–H groups in total. The first-order valence-electron chi connectivity index (χ1n) is 17.5. The van der Waals surface area contributed by atoms with Crippen molar-refractivity contribution in [3.8, 4) is 56.2 Å². The average Bonchev–Trinajstić information content (AvgIpc) is 3.40. The Morgan fingerprint density at radius 2 is 1.08 bits per heavy atom. The van der Waals surface area contributed by atoms with Crippen LogP contribution < -0.4 is 0 Å². The molecular weight excluding hydrogens is 619 g/mol. The van der Waals surface area contributed by atoms with Crippen LogP contribution in [0.5, 0.6) is 0 Å². The Morgan fingerprint density at radius 1 is 0.412 bits per heavy atom. The summed E-state index contributed by atoms with van der Waals surface area (Å²) in [5, 5.41) is 5.94. The molecule has 10 rings (SSSR count). The molecule has 1 aliphatic rings. The van der Waals surface area contributed by atoms with E-state index in [1.165, 1.54) is 49.5 Å². The normalized spacial score (nSPS) is 13.1. The summed E-state index contributed by atoms with van der Waals surface area (Å²) in [6, 6.07) is 56.4. The van der Waals surface area contributed by atoms with E-state index in [1.54, 1.807) is 0 Å². The van der Waals surface area contributed by atoms with E-state index >= 15 is 0 Å². The zero-order chi connectivity index (χ0) is 34.1. The van der Waals surface area contributed by atoms with Crippen LogP contribution in [0.2, 0.25) is 0 Å². The summed E-state index contributed by atoms with van der Waals surface area (Å²) in [5.41, 5.74) is 13.4. The van der Waals surface area contributed by atoms with E-state index in [4.69, 9.17) is 15.0 Å². The molecule has 9 aromatic rings. The van der Waals surface area contributed by atoms with Crippen molar-refractivity contribution in [2.75, 3.05) is 0 Å². The maximum atomic E-state index is 5.26. The van der Waals surface area contributed by atoms with E-state index in [9.17, 15) is 0 Å². The largest absolute Gasteiger partial charge is 0.256 e. The maximum Gasteiger partial charge on any atom is 0.161 e. The van der Waals surface area contributed by atoms with Crippen LogP contribution in [-0.2, 0) is 5.41 Å². The van der Waals surface area contributed by atoms with Gasteiger partial charge in [0.15, 0.2) is 5.82 Å². The molecular formula is C48H33N3. The molecule has 0 aliphatic heterocycles. The van der Waals surface area contributed by atoms with Crippen molar-refractivity contribution in [1.29, 1.82) is 0 Å². The summed E-state index contributed by atoms with van der Waals surface area (Å²) in [6.07, 6.45) is 1.85. The lowest BCUT2D eigenvalue weighted by Gasteiger charge is -2.22. The van der Waals surface area contributed by atoms with Crippen LogP contribution in [0.4, 0.5) is 0 Å². The van der Waals surface area contributed by atoms with Crippen molar-refractivity contribution in [1.82, 2.24) is 15.0 Å². The van der Waals surface area contributed by atoms with Crippen molar-refractivity contribution in [2.45, 2.75) is 19.3 Å². The van der Waals surface area contributed by atoms with Gasteiger partial charge in [0.25, 0.3) is 0 Å². The number of pyridine rings is 1. The minimum absolute atomic E-state index is 0.0719. The third-order valence-corrected chi connectivity index (χ3v) is 10.7. The van der Waals surface area contributed by atoms with E-state index < -0.39 is 0 Å². The Kier molecular flexibility index (Phi) is 6.53. The monoisotopic (exact) mass is 651 g/mol. The molecule has 2 aromatic heterocycles. The smallest absolute Gasteiger partial charge is 0.161 e. The second kappa shape index (κ2) is 11.3. The van der Waals surface area contributed by atoms with Gasteiger partial charge in [-0.1, -0.05) is 135 Å². The minimum Gasteiger partial charge on any atom is -0.256 e. The topological polar surface area (TPSA) is 38.7 Å². The fraction of sp³-hybridized carbons (Fsp3) is 0.0625. The first-order valence-corrected chi connectivity index (χ1v) is 17.5. The molecule has 2 heterocycles. The predicted molar refractivity (Wildman–Crippen MR) is 212 cm³/mol. The van der Waals surface area contributed by atoms with Gasteiger partial charge in [0.05, 0.1) is 16.9 Å². The van der Waals surface area contributed by atoms with Gasteiger partial charge in [-0.05, 0) is 91.3 Å². The summed E-state index contributed by atoms with van der Waals surface area (Å²) >= 11 is 0. The van der Waals surface area contributed by atoms with E-state index in [-0.39, 0.29) is 5.41 Å². The van der Waals surface area contributed by atoms with Crippen molar-refractivity contribution < 1.29 is 0 Å². The first-order chi connectivity index (χ1) is 25.0. The Labute approximate surface area is 297 Å². The molecule has 0 bridgehead atoms. The van der Waals surface area contributed by atoms with Crippen LogP contribution in [0.25, 0.3) is 88.6 Å². The zero-order valence-electron chi connectivity index (χ0n) is 28.4. The number of hydrogen-bond acceptors (Lipinski definition) is 3. The fourth-order valence-corrected chi connectivity index (χ4v) is 8.12. The Morgan fingerprint density at radius 3 is 1.92 bits per heavy atom. The Bertz CT molecular complexity index is 2830. The van der Waals surface area contributed by atoms with Crippen LogP contribution in [0, 0.1) is 0 Å². The van der Waals surface area contributed by atoms with Crippen LogP contribution in [-0.4, -0.2) is 15.0 Å². The van der Waals surface area contributed by atoms with Crippen molar-refractivity contribution in [3.63, 3.8) is 0 Å². The number of benzene rings is 7. The molecule has 0 amide bonds. The van der Waals surface area contributed by atoms with Gasteiger partial charge in [0, 0.05) is 33.7 Å². The number of aromatic nitrogens is 3. The van der Waals surface area contributed by atoms with Gasteiger partial charge < -0.3 is 0 Å². The molecule has 51 heavy (non-hydrogen) atoms. The van der Waals surface area contributed by atoms with Gasteiger partial charge in [0.1, 0.15) is 0 Å². The maximum absolute atomic E-state index is 5.26. The highest BCUT2D eigenvalue weighted by atomic mass is 14.9. The van der Waals surface area contributed by atoms with E-state index in [1.807, 2.05) is 18.3 Å². The molecule has 7 aromatic carbocycles. The van der Waals surface area contributed by atoms with Crippen LogP contribution >= 0.6 is 0 Å². The summed E-state index contributed by atoms with van der Waals surface area (Å²) in [5.74, 6) is 0.693. The second-order valence-corrected chi connectivity index (χ2v) is 14.0. The van der Waals surface area contributed by atoms with Gasteiger partial charge in [-0.3, -0.25) is 4.98 Å². The van der Waals surface area contributed by atoms with Gasteiger partial charge in [0.2, 0.25) is 0 Å². The predicted octanol–water partition coefficient (Wildman–Crippen LogP) is 12.3. The van der Waals surface area contributed by atoms with Gasteiger partial charge in [-0.25, -0.2) is 9.97 Å². The molecule has 0 saturated carbocycles. The quantitative estimate of drug-likeness (QED) is 0.190. The molecule has 1 aliphatic carbocycles. The molecule has 3 heteroatoms. The van der Waals surface area contributed by atoms with Gasteiger partial charge in [-0.15, -0.1) is 0 Å². The first kappa shape index (κ1) is 29.5. The molecule has 0 radical (unpaired) electrons. The van der Waals surface area contributed by atoms with Crippen LogP contribution in [0.1, 0.15) is 25.0 Å². The molecule has 3 nitrogen and oxygen atoms in total. The number of hydrogen-bond donors (Lipinski definition) is 0. The van der Waals surface area contributed by atoms with E-state index in [0.717, 1.165) is 44.4 Å². The molecule has 0 spiro atoms. The highest BCUT2D eigenvalue weighted by molar-refractivity contribution is 6.05. The summed E-state index contributed by atoms with van der Waals surface area (Å²) in [6.45, 7) is 4.70. The summed E-state index contributed by atoms with van der Waals surface area (Å²) in [4.78, 5) is 15.2. The van der Waals surface area contributed by atoms with E-state index in [2.05, 4.69) is 159 Å². The second-order valence-electron chi connectivity index (χ2n) is 14.0. The van der Waals surface area contributed by atoms with Crippen molar-refractivity contribution >= 4 is 32.4 Å². The van der Waals surface area contributed by atoms with Crippen LogP contribution in [0.15, 0.2) is 164 Å². The third kappa shape index (κ3) is 4.69. The molecule has 240 valence electrons. The average molecular weight is 652 g/mol. The zero-order valence-corrected chi connectivity index (χ0v) is 28.4. The highest BCUT2D eigenvalue weighted by Crippen LogP contribution is 2.51. The Balaban J connectivity index is 1.16. The number of nitrogens with zero attached hydrogens (tertiary/aromatic N) is 3. The number of rotatable bonds is 4. The molecule has 0 fully saturated rings. The van der Waals surface area contributed by atoms with Crippen LogP contribution in [0.3, 0.4) is 0 Å². The van der Waals surface area contributed by atoms with Crippen molar-refractivity contribution in [2.24, 2.45) is 0 Å². The third-order valence-electron chi connectivity index (χ3n) is 10.7. The number of para-hydroxylation sites is 1. The molecule has 0 saturated heterocycles. The lowest BCUT2D eigenvalue weighted by atomic mass is 9.81. The lowest BCUT2D eigenvalue weighted by Crippen LogP contribution is -2.14. The number of fused-ring (bicyclic) bond motifs is 6. The van der Waals surface area contributed by atoms with E-state index in [0.29, 0.717) is 5.82 Å². The minimum atomic E-state index is -0.0719. The summed E-state index contributed by atoms with van der Waals surface area (Å²) in [7, 11) is 0. The molecule has 0 atom stereocenters. The summed E-state index contributed by atoms with van der Waals surface area (Å²) < 4.78 is 0. The SMILES string of the molecule is CC1(C)c2ccc(-c3ccc(-c4nc(-c5ccccc5)cc(-c5cccc6cccnc56)n4)c4ccccc34)cc2-c2cc3ccccc3cc21. The molecule has 0 unspecified atom stereocenters. The van der Waals surface area contributed by atoms with Crippen molar-refractivity contribution in [3.05, 3.63) is 175 Å². The van der Waals surface area contributed by atoms with Gasteiger partial charge >= 0.3 is 0 Å². The van der Waals surface area contributed by atoms with Gasteiger partial charge in [-0.2, -0.15) is 0 Å². The highest BCUT2D eigenvalue weighted by Gasteiger charge is 2.36.